The molecule has 0 rings (SSSR count). The van der Waals surface area contributed by atoms with Gasteiger partial charge in [-0.05, 0) is 6.42 Å². The van der Waals surface area contributed by atoms with Gasteiger partial charge >= 0.3 is 6.16 Å². The van der Waals surface area contributed by atoms with Crippen molar-refractivity contribution in [3.8, 4) is 0 Å². The number of ether oxygens (including phenoxy) is 3. The van der Waals surface area contributed by atoms with Crippen LogP contribution in [0.4, 0.5) is 4.79 Å². The maximum atomic E-state index is 10.9. The van der Waals surface area contributed by atoms with E-state index < -0.39 is 12.4 Å². The molecule has 0 saturated heterocycles. The van der Waals surface area contributed by atoms with Gasteiger partial charge in [0.1, 0.15) is 0 Å². The molecule has 0 heterocycles. The Balaban J connectivity index is 3.36. The van der Waals surface area contributed by atoms with E-state index >= 15 is 0 Å². The van der Waals surface area contributed by atoms with E-state index in [1.54, 1.807) is 0 Å². The van der Waals surface area contributed by atoms with Crippen molar-refractivity contribution in [2.45, 2.75) is 45.8 Å². The van der Waals surface area contributed by atoms with Crippen molar-refractivity contribution in [2.75, 3.05) is 6.61 Å². The molecule has 0 aliphatic heterocycles. The molecule has 0 fully saturated rings. The highest BCUT2D eigenvalue weighted by Gasteiger charge is 2.09. The summed E-state index contributed by atoms with van der Waals surface area (Å²) in [7, 11) is 0. The second-order valence-corrected chi connectivity index (χ2v) is 3.08. The van der Waals surface area contributed by atoms with Gasteiger partial charge < -0.3 is 14.2 Å². The SMILES string of the molecule is CCCCCCOC(=O)OC(C)OC=O. The average molecular weight is 218 g/mol. The molecular weight excluding hydrogens is 200 g/mol. The Hall–Kier alpha value is -1.26. The zero-order chi connectivity index (χ0) is 11.5. The Kier molecular flexibility index (Phi) is 8.52. The molecule has 88 valence electrons. The zero-order valence-electron chi connectivity index (χ0n) is 9.23. The van der Waals surface area contributed by atoms with Crippen LogP contribution in [0.1, 0.15) is 39.5 Å². The quantitative estimate of drug-likeness (QED) is 0.270. The zero-order valence-corrected chi connectivity index (χ0v) is 9.23. The molecule has 0 aromatic carbocycles. The van der Waals surface area contributed by atoms with Gasteiger partial charge in [0, 0.05) is 6.92 Å². The van der Waals surface area contributed by atoms with Crippen molar-refractivity contribution in [3.63, 3.8) is 0 Å². The van der Waals surface area contributed by atoms with Gasteiger partial charge in [-0.15, -0.1) is 0 Å². The lowest BCUT2D eigenvalue weighted by atomic mass is 10.2. The van der Waals surface area contributed by atoms with E-state index in [0.717, 1.165) is 25.7 Å². The third-order valence-electron chi connectivity index (χ3n) is 1.73. The Morgan fingerprint density at radius 3 is 2.67 bits per heavy atom. The highest BCUT2D eigenvalue weighted by molar-refractivity contribution is 5.60. The summed E-state index contributed by atoms with van der Waals surface area (Å²) >= 11 is 0. The lowest BCUT2D eigenvalue weighted by Crippen LogP contribution is -2.18. The molecular formula is C10H18O5. The number of hydrogen-bond acceptors (Lipinski definition) is 5. The third-order valence-corrected chi connectivity index (χ3v) is 1.73. The summed E-state index contributed by atoms with van der Waals surface area (Å²) in [6, 6.07) is 0. The minimum Gasteiger partial charge on any atom is -0.434 e. The summed E-state index contributed by atoms with van der Waals surface area (Å²) in [6.07, 6.45) is 2.42. The Morgan fingerprint density at radius 2 is 2.07 bits per heavy atom. The highest BCUT2D eigenvalue weighted by Crippen LogP contribution is 2.01. The fourth-order valence-electron chi connectivity index (χ4n) is 0.960. The van der Waals surface area contributed by atoms with E-state index in [9.17, 15) is 9.59 Å². The molecule has 0 saturated carbocycles. The second kappa shape index (κ2) is 9.30. The Bertz CT molecular complexity index is 181. The molecule has 1 unspecified atom stereocenters. The van der Waals surface area contributed by atoms with Crippen LogP contribution in [-0.2, 0) is 19.0 Å². The lowest BCUT2D eigenvalue weighted by molar-refractivity contribution is -0.152. The van der Waals surface area contributed by atoms with Gasteiger partial charge in [-0.25, -0.2) is 4.79 Å². The first-order valence-corrected chi connectivity index (χ1v) is 5.13. The van der Waals surface area contributed by atoms with Crippen LogP contribution >= 0.6 is 0 Å². The normalized spacial score (nSPS) is 11.6. The topological polar surface area (TPSA) is 61.8 Å². The molecule has 0 amide bonds. The molecule has 5 heteroatoms. The molecule has 0 aromatic rings. The average Bonchev–Trinajstić information content (AvgIpc) is 2.17. The molecule has 0 bridgehead atoms. The second-order valence-electron chi connectivity index (χ2n) is 3.08. The first kappa shape index (κ1) is 13.7. The number of carbonyl (C=O) groups is 2. The summed E-state index contributed by atoms with van der Waals surface area (Å²) < 4.78 is 13.7. The van der Waals surface area contributed by atoms with Crippen molar-refractivity contribution in [1.82, 2.24) is 0 Å². The first-order valence-electron chi connectivity index (χ1n) is 5.13. The number of hydrogen-bond donors (Lipinski definition) is 0. The van der Waals surface area contributed by atoms with Gasteiger partial charge in [0.05, 0.1) is 6.61 Å². The fourth-order valence-corrected chi connectivity index (χ4v) is 0.960. The van der Waals surface area contributed by atoms with Crippen molar-refractivity contribution in [2.24, 2.45) is 0 Å². The molecule has 1 atom stereocenters. The molecule has 0 aliphatic carbocycles. The smallest absolute Gasteiger partial charge is 0.434 e. The maximum Gasteiger partial charge on any atom is 0.511 e. The van der Waals surface area contributed by atoms with Crippen molar-refractivity contribution in [1.29, 1.82) is 0 Å². The van der Waals surface area contributed by atoms with Crippen molar-refractivity contribution < 1.29 is 23.8 Å². The third kappa shape index (κ3) is 9.05. The van der Waals surface area contributed by atoms with Crippen LogP contribution in [0.15, 0.2) is 0 Å². The fraction of sp³-hybridized carbons (Fsp3) is 0.800. The summed E-state index contributed by atoms with van der Waals surface area (Å²) in [5.41, 5.74) is 0. The van der Waals surface area contributed by atoms with Gasteiger partial charge in [-0.1, -0.05) is 26.2 Å². The maximum absolute atomic E-state index is 10.9. The van der Waals surface area contributed by atoms with Crippen LogP contribution < -0.4 is 0 Å². The van der Waals surface area contributed by atoms with Crippen LogP contribution in [0.2, 0.25) is 0 Å². The van der Waals surface area contributed by atoms with Crippen molar-refractivity contribution >= 4 is 12.6 Å². The molecule has 0 spiro atoms. The van der Waals surface area contributed by atoms with E-state index in [1.807, 2.05) is 0 Å². The summed E-state index contributed by atoms with van der Waals surface area (Å²) in [4.78, 5) is 20.8. The molecule has 0 N–H and O–H groups in total. The van der Waals surface area contributed by atoms with E-state index in [-0.39, 0.29) is 6.47 Å². The van der Waals surface area contributed by atoms with Gasteiger partial charge in [0.25, 0.3) is 6.47 Å². The number of unbranched alkanes of at least 4 members (excludes halogenated alkanes) is 3. The van der Waals surface area contributed by atoms with Crippen LogP contribution in [0, 0.1) is 0 Å². The molecule has 0 radical (unpaired) electrons. The highest BCUT2D eigenvalue weighted by atomic mass is 16.8. The van der Waals surface area contributed by atoms with Gasteiger partial charge in [-0.2, -0.15) is 0 Å². The van der Waals surface area contributed by atoms with E-state index in [2.05, 4.69) is 16.4 Å². The minimum absolute atomic E-state index is 0.221. The number of rotatable bonds is 8. The largest absolute Gasteiger partial charge is 0.511 e. The van der Waals surface area contributed by atoms with Gasteiger partial charge in [-0.3, -0.25) is 4.79 Å². The monoisotopic (exact) mass is 218 g/mol. The minimum atomic E-state index is -0.898. The molecule has 0 aromatic heterocycles. The van der Waals surface area contributed by atoms with Crippen molar-refractivity contribution in [3.05, 3.63) is 0 Å². The number of carbonyl (C=O) groups excluding carboxylic acids is 2. The van der Waals surface area contributed by atoms with Gasteiger partial charge in [0.15, 0.2) is 0 Å². The summed E-state index contributed by atoms with van der Waals surface area (Å²) in [6.45, 7) is 4.10. The van der Waals surface area contributed by atoms with Crippen LogP contribution in [0.5, 0.6) is 0 Å². The van der Waals surface area contributed by atoms with Crippen LogP contribution in [0.25, 0.3) is 0 Å². The van der Waals surface area contributed by atoms with Crippen LogP contribution in [-0.4, -0.2) is 25.5 Å². The molecule has 15 heavy (non-hydrogen) atoms. The van der Waals surface area contributed by atoms with E-state index in [4.69, 9.17) is 4.74 Å². The lowest BCUT2D eigenvalue weighted by Gasteiger charge is -2.10. The standard InChI is InChI=1S/C10H18O5/c1-3-4-5-6-7-13-10(12)15-9(2)14-8-11/h8-9H,3-7H2,1-2H3. The summed E-state index contributed by atoms with van der Waals surface area (Å²) in [5.74, 6) is 0. The Morgan fingerprint density at radius 1 is 1.33 bits per heavy atom. The Labute approximate surface area is 89.7 Å². The van der Waals surface area contributed by atoms with E-state index in [1.165, 1.54) is 6.92 Å². The predicted octanol–water partition coefficient (Wildman–Crippen LogP) is 2.24. The summed E-state index contributed by atoms with van der Waals surface area (Å²) in [5, 5.41) is 0. The predicted molar refractivity (Wildman–Crippen MR) is 53.2 cm³/mol. The first-order chi connectivity index (χ1) is 7.20. The molecule has 5 nitrogen and oxygen atoms in total. The van der Waals surface area contributed by atoms with Gasteiger partial charge in [0.2, 0.25) is 6.29 Å². The molecule has 0 aliphatic rings. The van der Waals surface area contributed by atoms with Crippen LogP contribution in [0.3, 0.4) is 0 Å². The van der Waals surface area contributed by atoms with E-state index in [0.29, 0.717) is 6.61 Å².